The monoisotopic (exact) mass is 639 g/mol. The summed E-state index contributed by atoms with van der Waals surface area (Å²) in [4.78, 5) is 22.5. The van der Waals surface area contributed by atoms with Crippen molar-refractivity contribution in [1.82, 2.24) is 19.6 Å². The third-order valence-corrected chi connectivity index (χ3v) is 5.08. The van der Waals surface area contributed by atoms with Gasteiger partial charge < -0.3 is 10.2 Å². The standard InChI is InChI=1S/2C12H8F4N2O2.Cu/c2*13-10(14)8-7(9(19)11(15)16)12(20)18(17-8)6-4-2-1-3-5-6;/h2*1-5,10-11,20H;. The molecule has 41 heavy (non-hydrogen) atoms. The molecule has 2 N–H and O–H groups in total. The van der Waals surface area contributed by atoms with Crippen molar-refractivity contribution in [2.45, 2.75) is 25.7 Å². The largest absolute Gasteiger partial charge is 0.493 e. The van der Waals surface area contributed by atoms with E-state index in [-0.39, 0.29) is 28.4 Å². The molecule has 0 atom stereocenters. The minimum atomic E-state index is -3.51. The second kappa shape index (κ2) is 13.9. The molecule has 8 nitrogen and oxygen atoms in total. The predicted molar refractivity (Wildman–Crippen MR) is 121 cm³/mol. The number of benzene rings is 2. The fourth-order valence-corrected chi connectivity index (χ4v) is 3.35. The van der Waals surface area contributed by atoms with E-state index in [1.165, 1.54) is 48.5 Å². The molecule has 0 aliphatic rings. The zero-order chi connectivity index (χ0) is 29.7. The molecule has 0 bridgehead atoms. The van der Waals surface area contributed by atoms with Gasteiger partial charge in [0.2, 0.25) is 23.3 Å². The summed E-state index contributed by atoms with van der Waals surface area (Å²) < 4.78 is 102. The first-order valence-corrected chi connectivity index (χ1v) is 10.8. The van der Waals surface area contributed by atoms with Crippen molar-refractivity contribution in [3.8, 4) is 23.1 Å². The van der Waals surface area contributed by atoms with Crippen molar-refractivity contribution in [3.63, 3.8) is 0 Å². The average molecular weight is 640 g/mol. The number of ketones is 2. The quantitative estimate of drug-likeness (QED) is 0.141. The molecule has 0 saturated carbocycles. The summed E-state index contributed by atoms with van der Waals surface area (Å²) in [6.07, 6.45) is -13.5. The maximum Gasteiger partial charge on any atom is 0.300 e. The van der Waals surface area contributed by atoms with Crippen LogP contribution in [0.1, 0.15) is 45.0 Å². The number of aromatic nitrogens is 4. The van der Waals surface area contributed by atoms with Crippen LogP contribution in [0.3, 0.4) is 0 Å². The molecule has 223 valence electrons. The molecular formula is C24H16CuF8N4O4. The van der Waals surface area contributed by atoms with Crippen LogP contribution in [0.25, 0.3) is 11.4 Å². The van der Waals surface area contributed by atoms with E-state index < -0.39 is 71.5 Å². The minimum Gasteiger partial charge on any atom is -0.493 e. The molecule has 0 aliphatic carbocycles. The van der Waals surface area contributed by atoms with Crippen LogP contribution >= 0.6 is 0 Å². The van der Waals surface area contributed by atoms with Gasteiger partial charge in [-0.3, -0.25) is 9.59 Å². The first kappa shape index (κ1) is 33.0. The number of nitrogens with zero attached hydrogens (tertiary/aromatic N) is 4. The molecule has 0 unspecified atom stereocenters. The maximum absolute atomic E-state index is 12.8. The van der Waals surface area contributed by atoms with Gasteiger partial charge in [0.15, 0.2) is 0 Å². The minimum absolute atomic E-state index is 0. The van der Waals surface area contributed by atoms with Crippen molar-refractivity contribution in [2.75, 3.05) is 0 Å². The molecule has 2 aromatic heterocycles. The fourth-order valence-electron chi connectivity index (χ4n) is 3.35. The molecule has 0 saturated heterocycles. The zero-order valence-electron chi connectivity index (χ0n) is 19.9. The first-order chi connectivity index (χ1) is 18.9. The fraction of sp³-hybridized carbons (Fsp3) is 0.167. The van der Waals surface area contributed by atoms with E-state index in [1.807, 2.05) is 0 Å². The molecule has 1 radical (unpaired) electrons. The van der Waals surface area contributed by atoms with Crippen LogP contribution in [0, 0.1) is 0 Å². The van der Waals surface area contributed by atoms with Gasteiger partial charge in [0, 0.05) is 17.1 Å². The number of para-hydroxylation sites is 2. The molecule has 17 heteroatoms. The van der Waals surface area contributed by atoms with E-state index in [0.717, 1.165) is 0 Å². The van der Waals surface area contributed by atoms with E-state index in [2.05, 4.69) is 10.2 Å². The molecule has 2 aromatic carbocycles. The Morgan fingerprint density at radius 3 is 1.12 bits per heavy atom. The maximum atomic E-state index is 12.8. The molecule has 0 spiro atoms. The van der Waals surface area contributed by atoms with Gasteiger partial charge in [0.1, 0.15) is 22.5 Å². The summed E-state index contributed by atoms with van der Waals surface area (Å²) in [5.41, 5.74) is -4.31. The third-order valence-electron chi connectivity index (χ3n) is 5.08. The van der Waals surface area contributed by atoms with E-state index in [9.17, 15) is 54.9 Å². The van der Waals surface area contributed by atoms with Gasteiger partial charge >= 0.3 is 12.9 Å². The van der Waals surface area contributed by atoms with Crippen molar-refractivity contribution >= 4 is 11.6 Å². The SMILES string of the molecule is O=C(c1c(C(F)F)nn(-c2ccccc2)c1O)C(F)F.O=C(c1c(C(F)F)nn(-c2ccccc2)c1O)C(F)F.[Cu]. The molecule has 4 aromatic rings. The van der Waals surface area contributed by atoms with Crippen LogP contribution in [0.5, 0.6) is 11.8 Å². The summed E-state index contributed by atoms with van der Waals surface area (Å²) >= 11 is 0. The number of carbonyl (C=O) groups is 2. The van der Waals surface area contributed by atoms with Crippen molar-refractivity contribution in [2.24, 2.45) is 0 Å². The predicted octanol–water partition coefficient (Wildman–Crippen LogP) is 5.92. The number of carbonyl (C=O) groups excluding carboxylic acids is 2. The average Bonchev–Trinajstić information content (AvgIpc) is 3.46. The van der Waals surface area contributed by atoms with Gasteiger partial charge in [0.05, 0.1) is 11.4 Å². The number of hydrogen-bond acceptors (Lipinski definition) is 6. The number of aromatic hydroxyl groups is 2. The molecule has 2 heterocycles. The molecule has 0 amide bonds. The number of alkyl halides is 8. The van der Waals surface area contributed by atoms with Crippen LogP contribution in [0.4, 0.5) is 35.1 Å². The summed E-state index contributed by atoms with van der Waals surface area (Å²) in [6, 6.07) is 15.1. The van der Waals surface area contributed by atoms with Gasteiger partial charge in [-0.05, 0) is 24.3 Å². The number of hydrogen-bond donors (Lipinski definition) is 2. The van der Waals surface area contributed by atoms with Crippen molar-refractivity contribution in [1.29, 1.82) is 0 Å². The van der Waals surface area contributed by atoms with Gasteiger partial charge in [-0.15, -0.1) is 0 Å². The van der Waals surface area contributed by atoms with Crippen LogP contribution in [-0.2, 0) is 17.1 Å². The topological polar surface area (TPSA) is 110 Å². The Balaban J connectivity index is 0.000000280. The Morgan fingerprint density at radius 2 is 0.878 bits per heavy atom. The summed E-state index contributed by atoms with van der Waals surface area (Å²) in [7, 11) is 0. The smallest absolute Gasteiger partial charge is 0.300 e. The van der Waals surface area contributed by atoms with E-state index in [0.29, 0.717) is 9.36 Å². The van der Waals surface area contributed by atoms with Gasteiger partial charge in [-0.25, -0.2) is 44.5 Å². The van der Waals surface area contributed by atoms with Gasteiger partial charge in [-0.2, -0.15) is 10.2 Å². The zero-order valence-corrected chi connectivity index (χ0v) is 20.8. The molecule has 0 aliphatic heterocycles. The van der Waals surface area contributed by atoms with Crippen LogP contribution in [0.2, 0.25) is 0 Å². The summed E-state index contributed by atoms with van der Waals surface area (Å²) in [6.45, 7) is 0. The second-order valence-corrected chi connectivity index (χ2v) is 7.59. The van der Waals surface area contributed by atoms with E-state index >= 15 is 0 Å². The van der Waals surface area contributed by atoms with Crippen molar-refractivity contribution < 1.29 is 72.0 Å². The first-order valence-electron chi connectivity index (χ1n) is 10.8. The summed E-state index contributed by atoms with van der Waals surface area (Å²) in [5.74, 6) is -5.84. The molecular weight excluding hydrogens is 624 g/mol. The van der Waals surface area contributed by atoms with Crippen LogP contribution in [0.15, 0.2) is 60.7 Å². The molecule has 0 fully saturated rings. The Bertz CT molecular complexity index is 1370. The van der Waals surface area contributed by atoms with Crippen molar-refractivity contribution in [3.05, 3.63) is 83.2 Å². The van der Waals surface area contributed by atoms with Gasteiger partial charge in [-0.1, -0.05) is 36.4 Å². The summed E-state index contributed by atoms with van der Waals surface area (Å²) in [5, 5.41) is 26.2. The Hall–Kier alpha value is -4.24. The second-order valence-electron chi connectivity index (χ2n) is 7.59. The Kier molecular flexibility index (Phi) is 11.2. The van der Waals surface area contributed by atoms with Crippen LogP contribution < -0.4 is 0 Å². The Morgan fingerprint density at radius 1 is 0.585 bits per heavy atom. The van der Waals surface area contributed by atoms with E-state index in [4.69, 9.17) is 0 Å². The van der Waals surface area contributed by atoms with Gasteiger partial charge in [0.25, 0.3) is 12.9 Å². The third kappa shape index (κ3) is 7.10. The number of Topliss-reactive ketones (excluding diaryl/α,β-unsaturated/α-hetero) is 2. The van der Waals surface area contributed by atoms with E-state index in [1.54, 1.807) is 12.1 Å². The van der Waals surface area contributed by atoms with Crippen LogP contribution in [-0.4, -0.2) is 54.2 Å². The molecule has 4 rings (SSSR count). The number of rotatable bonds is 8. The normalized spacial score (nSPS) is 11.0. The Labute approximate surface area is 235 Å². The number of halogens is 8.